The second-order valence-corrected chi connectivity index (χ2v) is 26.9. The molecule has 20 atom stereocenters. The van der Waals surface area contributed by atoms with Gasteiger partial charge in [0.05, 0.1) is 45.1 Å². The molecule has 31 heteroatoms. The van der Waals surface area contributed by atoms with E-state index in [0.717, 1.165) is 16.7 Å². The number of nitrogens with one attached hydrogen (secondary N) is 1. The Hall–Kier alpha value is -9.59. The van der Waals surface area contributed by atoms with Crippen molar-refractivity contribution in [2.45, 2.75) is 197 Å². The zero-order valence-corrected chi connectivity index (χ0v) is 59.5. The summed E-state index contributed by atoms with van der Waals surface area (Å²) in [4.78, 5) is 64.6. The quantitative estimate of drug-likeness (QED) is 0.0131. The predicted octanol–water partition coefficient (Wildman–Crippen LogP) is 11.0. The average molecular weight is 1480 g/mol. The lowest BCUT2D eigenvalue weighted by Gasteiger charge is -2.51. The minimum Gasteiger partial charge on any atom is -0.463 e. The highest BCUT2D eigenvalue weighted by Crippen LogP contribution is 2.42. The first-order chi connectivity index (χ1) is 52.0. The fourth-order valence-corrected chi connectivity index (χ4v) is 12.9. The van der Waals surface area contributed by atoms with Gasteiger partial charge in [-0.25, -0.2) is 4.79 Å². The number of carbonyl (C=O) groups excluding carboxylic acids is 4. The molecule has 0 unspecified atom stereocenters. The van der Waals surface area contributed by atoms with Crippen LogP contribution in [0.1, 0.15) is 68.0 Å². The molecule has 2 bridgehead atoms. The number of fused-ring (bicyclic) bond motifs is 2. The van der Waals surface area contributed by atoms with Crippen LogP contribution in [0.25, 0.3) is 31.3 Å². The summed E-state index contributed by atoms with van der Waals surface area (Å²) in [6.45, 7) is 5.05. The molecule has 0 saturated carbocycles. The highest BCUT2D eigenvalue weighted by molar-refractivity contribution is 5.75. The molecule has 31 nitrogen and oxygen atoms in total. The SMILES string of the molecule is CC(=O)OC[C@H]1O[C@@H](O[C@H]2[C@H](OCc3ccccc3)[C@@H](N=[N+]=[N-])[C@@H]3OC[C@H]2O3)[C@H](N=[N+]=[N-])[C@@H](OCc2ccccc2)[C@@H]1O[C@@H]1O[C@H](COC(C)=O)[C@@H](O[C@@H]2O[C@H](COC(=O)C(C)(C)C)[C@@H](OCc3ccccc3)[C@H](OCc3ccccc3)[C@H]2NC(=O)OCc2ccccc2)[C@H](OCc2ccccc2)[C@H]1N=[N+]=[N-]. The summed E-state index contributed by atoms with van der Waals surface area (Å²) in [5, 5.41) is 15.6. The van der Waals surface area contributed by atoms with Crippen molar-refractivity contribution in [3.63, 3.8) is 0 Å². The number of azide groups is 3. The van der Waals surface area contributed by atoms with Crippen LogP contribution in [0.2, 0.25) is 0 Å². The Morgan fingerprint density at radius 2 is 0.748 bits per heavy atom. The minimum atomic E-state index is -1.83. The van der Waals surface area contributed by atoms with Gasteiger partial charge in [-0.3, -0.25) is 14.4 Å². The smallest absolute Gasteiger partial charge is 0.407 e. The molecule has 5 fully saturated rings. The Kier molecular flexibility index (Phi) is 28.5. The molecule has 1 amide bonds. The van der Waals surface area contributed by atoms with E-state index in [-0.39, 0.29) is 46.2 Å². The van der Waals surface area contributed by atoms with Gasteiger partial charge in [-0.15, -0.1) is 0 Å². The molecular formula is C76H86N10O21. The zero-order chi connectivity index (χ0) is 75.1. The molecule has 1 N–H and O–H groups in total. The highest BCUT2D eigenvalue weighted by Gasteiger charge is 2.59. The second-order valence-electron chi connectivity index (χ2n) is 26.9. The summed E-state index contributed by atoms with van der Waals surface area (Å²) in [6.07, 6.45) is -23.3. The highest BCUT2D eigenvalue weighted by atomic mass is 16.8. The topological polar surface area (TPSA) is 384 Å². The first kappa shape index (κ1) is 78.5. The van der Waals surface area contributed by atoms with Gasteiger partial charge in [-0.05, 0) is 70.7 Å². The molecule has 0 spiro atoms. The summed E-state index contributed by atoms with van der Waals surface area (Å²) in [6, 6.07) is 48.8. The van der Waals surface area contributed by atoms with Gasteiger partial charge >= 0.3 is 24.0 Å². The van der Waals surface area contributed by atoms with Crippen LogP contribution in [0.4, 0.5) is 4.79 Å². The Balaban J connectivity index is 1.01. The van der Waals surface area contributed by atoms with Crippen molar-refractivity contribution in [1.82, 2.24) is 5.32 Å². The minimum absolute atomic E-state index is 0.0219. The number of esters is 3. The number of nitrogens with zero attached hydrogens (tertiary/aromatic N) is 9. The summed E-state index contributed by atoms with van der Waals surface area (Å²) < 4.78 is 112. The van der Waals surface area contributed by atoms with Crippen LogP contribution in [-0.2, 0) is 135 Å². The summed E-state index contributed by atoms with van der Waals surface area (Å²) in [5.74, 6) is -2.11. The molecule has 11 rings (SSSR count). The molecule has 107 heavy (non-hydrogen) atoms. The first-order valence-electron chi connectivity index (χ1n) is 35.0. The van der Waals surface area contributed by atoms with Crippen LogP contribution < -0.4 is 5.32 Å². The third kappa shape index (κ3) is 21.6. The lowest BCUT2D eigenvalue weighted by Crippen LogP contribution is -2.69. The van der Waals surface area contributed by atoms with Gasteiger partial charge in [0.1, 0.15) is 124 Å². The van der Waals surface area contributed by atoms with E-state index in [1.807, 2.05) is 103 Å². The molecule has 6 aromatic carbocycles. The van der Waals surface area contributed by atoms with Gasteiger partial charge in [-0.1, -0.05) is 197 Å². The Bertz CT molecular complexity index is 3960. The number of amides is 1. The molecule has 566 valence electrons. The maximum absolute atomic E-state index is 14.7. The predicted molar refractivity (Wildman–Crippen MR) is 376 cm³/mol. The number of rotatable bonds is 33. The van der Waals surface area contributed by atoms with Crippen molar-refractivity contribution < 1.29 is 99.7 Å². The van der Waals surface area contributed by atoms with Crippen molar-refractivity contribution >= 4 is 24.0 Å². The first-order valence-corrected chi connectivity index (χ1v) is 35.0. The third-order valence-electron chi connectivity index (χ3n) is 18.2. The average Bonchev–Trinajstić information content (AvgIpc) is 1.69. The number of benzene rings is 6. The van der Waals surface area contributed by atoms with E-state index >= 15 is 0 Å². The number of ether oxygens (including phenoxy) is 17. The Labute approximate surface area is 617 Å². The number of hydrogen-bond donors (Lipinski definition) is 1. The van der Waals surface area contributed by atoms with E-state index in [2.05, 4.69) is 35.4 Å². The van der Waals surface area contributed by atoms with Crippen LogP contribution in [0, 0.1) is 5.41 Å². The second kappa shape index (κ2) is 38.8. The van der Waals surface area contributed by atoms with E-state index < -0.39 is 172 Å². The van der Waals surface area contributed by atoms with Crippen LogP contribution in [-0.4, -0.2) is 173 Å². The molecule has 0 radical (unpaired) electrons. The van der Waals surface area contributed by atoms with Gasteiger partial charge in [0.15, 0.2) is 25.2 Å². The van der Waals surface area contributed by atoms with Crippen LogP contribution >= 0.6 is 0 Å². The van der Waals surface area contributed by atoms with E-state index in [4.69, 9.17) is 80.5 Å². The standard InChI is InChI=1S/C76H86N10O21/c1-46(87)91-42-55-63(105-71-58(80-75(90)100-41-53-34-22-11-23-35-53)66(94-37-49-26-14-7-15-27-49)62(93-36-48-24-12-6-13-25-48)54(102-71)45-99-74(89)76(3,4)5)68(96-39-51-30-18-9-19-31-51)60(82-85-78)72(103-55)106-64-56(43-92-47(2)88)104-73(61(83-86-79)69(64)97-40-52-32-20-10-21-33-52)107-65-57-44-98-70(101-57)59(81-84-77)67(65)95-38-50-28-16-8-17-29-50/h6-35,54-73H,36-45H2,1-5H3,(H,80,90)/t54-,55-,56-,57-,58-,59-,60-,61-,62-,63-,64-,65-,66-,67-,68-,69-,70-,71+,72+,73+/m1/s1. The molecule has 0 aliphatic carbocycles. The van der Waals surface area contributed by atoms with E-state index in [0.29, 0.717) is 16.7 Å². The van der Waals surface area contributed by atoms with E-state index in [1.165, 1.54) is 13.8 Å². The van der Waals surface area contributed by atoms with Gasteiger partial charge in [0, 0.05) is 28.6 Å². The van der Waals surface area contributed by atoms with Gasteiger partial charge in [0.25, 0.3) is 0 Å². The van der Waals surface area contributed by atoms with E-state index in [1.54, 1.807) is 99.6 Å². The Morgan fingerprint density at radius 3 is 1.15 bits per heavy atom. The van der Waals surface area contributed by atoms with Crippen molar-refractivity contribution in [3.8, 4) is 0 Å². The van der Waals surface area contributed by atoms with Crippen molar-refractivity contribution in [1.29, 1.82) is 0 Å². The maximum Gasteiger partial charge on any atom is 0.407 e. The maximum atomic E-state index is 14.7. The normalized spacial score (nSPS) is 28.8. The van der Waals surface area contributed by atoms with Crippen molar-refractivity contribution in [2.75, 3.05) is 26.4 Å². The zero-order valence-electron chi connectivity index (χ0n) is 59.5. The summed E-state index contributed by atoms with van der Waals surface area (Å²) in [5.41, 5.74) is 34.6. The number of alkyl carbamates (subject to hydrolysis) is 1. The van der Waals surface area contributed by atoms with Gasteiger partial charge < -0.3 is 85.8 Å². The molecular weight excluding hydrogens is 1390 g/mol. The molecule has 0 aromatic heterocycles. The molecule has 5 aliphatic heterocycles. The summed E-state index contributed by atoms with van der Waals surface area (Å²) in [7, 11) is 0. The summed E-state index contributed by atoms with van der Waals surface area (Å²) >= 11 is 0. The third-order valence-corrected chi connectivity index (χ3v) is 18.2. The lowest BCUT2D eigenvalue weighted by molar-refractivity contribution is -0.363. The molecule has 5 heterocycles. The molecule has 6 aromatic rings. The van der Waals surface area contributed by atoms with Crippen molar-refractivity contribution in [2.24, 2.45) is 20.8 Å². The fourth-order valence-electron chi connectivity index (χ4n) is 12.9. The van der Waals surface area contributed by atoms with Crippen molar-refractivity contribution in [3.05, 3.63) is 247 Å². The lowest BCUT2D eigenvalue weighted by atomic mass is 9.93. The van der Waals surface area contributed by atoms with E-state index in [9.17, 15) is 35.8 Å². The molecule has 5 saturated heterocycles. The molecule has 5 aliphatic rings. The van der Waals surface area contributed by atoms with Crippen LogP contribution in [0.3, 0.4) is 0 Å². The number of hydrogen-bond acceptors (Lipinski definition) is 24. The largest absolute Gasteiger partial charge is 0.463 e. The monoisotopic (exact) mass is 1470 g/mol. The van der Waals surface area contributed by atoms with Crippen LogP contribution in [0.15, 0.2) is 197 Å². The van der Waals surface area contributed by atoms with Crippen LogP contribution in [0.5, 0.6) is 0 Å². The number of carbonyl (C=O) groups is 4. The van der Waals surface area contributed by atoms with Gasteiger partial charge in [0.2, 0.25) is 0 Å². The Morgan fingerprint density at radius 1 is 0.411 bits per heavy atom. The van der Waals surface area contributed by atoms with Gasteiger partial charge in [-0.2, -0.15) is 0 Å². The fraction of sp³-hybridized carbons (Fsp3) is 0.474.